The van der Waals surface area contributed by atoms with Crippen molar-refractivity contribution in [3.8, 4) is 0 Å². The third-order valence-corrected chi connectivity index (χ3v) is 1.46. The van der Waals surface area contributed by atoms with E-state index < -0.39 is 0 Å². The Kier molecular flexibility index (Phi) is 42.6. The summed E-state index contributed by atoms with van der Waals surface area (Å²) in [5.74, 6) is 0. The summed E-state index contributed by atoms with van der Waals surface area (Å²) in [4.78, 5) is 3.25. The van der Waals surface area contributed by atoms with Gasteiger partial charge in [0.2, 0.25) is 0 Å². The molecule has 0 heterocycles. The van der Waals surface area contributed by atoms with E-state index >= 15 is 0 Å². The molecule has 0 aromatic heterocycles. The summed E-state index contributed by atoms with van der Waals surface area (Å²) in [6.07, 6.45) is 8.49. The van der Waals surface area contributed by atoms with Crippen LogP contribution in [0.2, 0.25) is 0 Å². The predicted octanol–water partition coefficient (Wildman–Crippen LogP) is 4.50. The average molecular weight is 192 g/mol. The highest BCUT2D eigenvalue weighted by Gasteiger charge is 1.83. The van der Waals surface area contributed by atoms with Crippen molar-refractivity contribution in [1.29, 1.82) is 0 Å². The molecule has 0 saturated heterocycles. The second-order valence-corrected chi connectivity index (χ2v) is 2.60. The van der Waals surface area contributed by atoms with E-state index in [2.05, 4.69) is 18.7 Å². The maximum atomic E-state index is 7.07. The van der Waals surface area contributed by atoms with Crippen LogP contribution in [0.5, 0.6) is 0 Å². The van der Waals surface area contributed by atoms with Gasteiger partial charge in [0, 0.05) is 0 Å². The lowest BCUT2D eigenvalue weighted by atomic mass is 10.1. The molecule has 2 nitrogen and oxygen atoms in total. The molecule has 0 spiro atoms. The van der Waals surface area contributed by atoms with Crippen LogP contribution in [-0.2, 0) is 4.89 Å². The van der Waals surface area contributed by atoms with Crippen molar-refractivity contribution in [2.45, 2.75) is 66.2 Å². The quantitative estimate of drug-likeness (QED) is 0.395. The lowest BCUT2D eigenvalue weighted by Gasteiger charge is -1.93. The number of hydrogen-bond acceptors (Lipinski definition) is 2. The zero-order chi connectivity index (χ0) is 10.9. The van der Waals surface area contributed by atoms with Crippen LogP contribution < -0.4 is 0 Å². The standard InChI is InChI=1S/C8H18.C2H6.CH4O2/c1-3-5-7-8-6-4-2;1-2;1-3-2/h3-8H2,1-2H3;1-2H3;2H,1H3. The van der Waals surface area contributed by atoms with Crippen LogP contribution in [0, 0.1) is 0 Å². The zero-order valence-electron chi connectivity index (χ0n) is 10.1. The second-order valence-electron chi connectivity index (χ2n) is 2.60. The fraction of sp³-hybridized carbons (Fsp3) is 1.00. The molecule has 84 valence electrons. The molecule has 0 aliphatic heterocycles. The van der Waals surface area contributed by atoms with Crippen molar-refractivity contribution in [2.75, 3.05) is 7.11 Å². The van der Waals surface area contributed by atoms with Gasteiger partial charge in [0.05, 0.1) is 7.11 Å². The molecular weight excluding hydrogens is 164 g/mol. The molecule has 1 N–H and O–H groups in total. The first kappa shape index (κ1) is 18.7. The van der Waals surface area contributed by atoms with E-state index in [1.165, 1.54) is 45.6 Å². The molecule has 0 bridgehead atoms. The Morgan fingerprint density at radius 2 is 1.08 bits per heavy atom. The summed E-state index contributed by atoms with van der Waals surface area (Å²) in [6.45, 7) is 8.51. The minimum atomic E-state index is 1.18. The third kappa shape index (κ3) is 48.5. The smallest absolute Gasteiger partial charge is 0.0710 e. The van der Waals surface area contributed by atoms with Crippen LogP contribution in [0.15, 0.2) is 0 Å². The van der Waals surface area contributed by atoms with Crippen molar-refractivity contribution in [2.24, 2.45) is 0 Å². The molecule has 0 saturated carbocycles. The highest BCUT2D eigenvalue weighted by molar-refractivity contribution is 4.39. The number of unbranched alkanes of at least 4 members (excludes halogenated alkanes) is 5. The van der Waals surface area contributed by atoms with Crippen LogP contribution in [0.4, 0.5) is 0 Å². The van der Waals surface area contributed by atoms with Crippen molar-refractivity contribution < 1.29 is 10.1 Å². The number of rotatable bonds is 5. The molecule has 0 amide bonds. The minimum Gasteiger partial charge on any atom is -0.252 e. The van der Waals surface area contributed by atoms with Crippen molar-refractivity contribution in [3.63, 3.8) is 0 Å². The van der Waals surface area contributed by atoms with E-state index in [1.807, 2.05) is 13.8 Å². The normalized spacial score (nSPS) is 7.85. The fourth-order valence-electron chi connectivity index (χ4n) is 0.854. The second kappa shape index (κ2) is 29.7. The first-order valence-electron chi connectivity index (χ1n) is 5.51. The first-order chi connectivity index (χ1) is 6.33. The lowest BCUT2D eigenvalue weighted by Crippen LogP contribution is -1.73. The van der Waals surface area contributed by atoms with Crippen molar-refractivity contribution >= 4 is 0 Å². The Bertz CT molecular complexity index is 41.4. The number of hydrogen-bond donors (Lipinski definition) is 1. The summed E-state index contributed by atoms with van der Waals surface area (Å²) >= 11 is 0. The molecule has 0 aliphatic rings. The van der Waals surface area contributed by atoms with Crippen LogP contribution in [0.1, 0.15) is 66.2 Å². The summed E-state index contributed by atoms with van der Waals surface area (Å²) in [5.41, 5.74) is 0. The van der Waals surface area contributed by atoms with Gasteiger partial charge in [-0.2, -0.15) is 0 Å². The Balaban J connectivity index is -0.000000169. The van der Waals surface area contributed by atoms with Gasteiger partial charge in [-0.05, 0) is 0 Å². The fourth-order valence-corrected chi connectivity index (χ4v) is 0.854. The maximum Gasteiger partial charge on any atom is 0.0710 e. The topological polar surface area (TPSA) is 29.5 Å². The molecular formula is C11H28O2. The van der Waals surface area contributed by atoms with Crippen LogP contribution in [-0.4, -0.2) is 12.4 Å². The lowest BCUT2D eigenvalue weighted by molar-refractivity contribution is -0.214. The Hall–Kier alpha value is -0.0800. The van der Waals surface area contributed by atoms with Gasteiger partial charge in [-0.15, -0.1) is 0 Å². The van der Waals surface area contributed by atoms with Gasteiger partial charge in [0.25, 0.3) is 0 Å². The SMILES string of the molecule is CC.CCCCCCCC.COO. The van der Waals surface area contributed by atoms with Crippen LogP contribution >= 0.6 is 0 Å². The van der Waals surface area contributed by atoms with E-state index in [9.17, 15) is 0 Å². The summed E-state index contributed by atoms with van der Waals surface area (Å²) < 4.78 is 0. The van der Waals surface area contributed by atoms with Gasteiger partial charge in [0.1, 0.15) is 0 Å². The predicted molar refractivity (Wildman–Crippen MR) is 60.0 cm³/mol. The maximum absolute atomic E-state index is 7.07. The third-order valence-electron chi connectivity index (χ3n) is 1.46. The zero-order valence-corrected chi connectivity index (χ0v) is 10.1. The highest BCUT2D eigenvalue weighted by atomic mass is 17.1. The minimum absolute atomic E-state index is 1.18. The van der Waals surface area contributed by atoms with E-state index in [0.717, 1.165) is 0 Å². The average Bonchev–Trinajstić information content (AvgIpc) is 2.17. The molecule has 2 heteroatoms. The van der Waals surface area contributed by atoms with Gasteiger partial charge >= 0.3 is 0 Å². The largest absolute Gasteiger partial charge is 0.252 e. The summed E-state index contributed by atoms with van der Waals surface area (Å²) in [6, 6.07) is 0. The molecule has 0 aromatic rings. The molecule has 13 heavy (non-hydrogen) atoms. The molecule has 0 aromatic carbocycles. The van der Waals surface area contributed by atoms with Gasteiger partial charge in [-0.25, -0.2) is 4.89 Å². The molecule has 0 radical (unpaired) electrons. The van der Waals surface area contributed by atoms with Gasteiger partial charge < -0.3 is 0 Å². The first-order valence-corrected chi connectivity index (χ1v) is 5.51. The molecule has 0 fully saturated rings. The molecule has 0 aliphatic carbocycles. The Labute approximate surface area is 84.2 Å². The summed E-state index contributed by atoms with van der Waals surface area (Å²) in [5, 5.41) is 7.07. The molecule has 0 unspecified atom stereocenters. The van der Waals surface area contributed by atoms with Gasteiger partial charge in [-0.1, -0.05) is 66.2 Å². The van der Waals surface area contributed by atoms with Crippen molar-refractivity contribution in [1.82, 2.24) is 0 Å². The molecule has 0 rings (SSSR count). The summed E-state index contributed by atoms with van der Waals surface area (Å²) in [7, 11) is 1.18. The van der Waals surface area contributed by atoms with E-state index in [0.29, 0.717) is 0 Å². The van der Waals surface area contributed by atoms with Crippen LogP contribution in [0.3, 0.4) is 0 Å². The van der Waals surface area contributed by atoms with Gasteiger partial charge in [-0.3, -0.25) is 5.26 Å². The Morgan fingerprint density at radius 1 is 0.846 bits per heavy atom. The van der Waals surface area contributed by atoms with Gasteiger partial charge in [0.15, 0.2) is 0 Å². The van der Waals surface area contributed by atoms with E-state index in [4.69, 9.17) is 5.26 Å². The Morgan fingerprint density at radius 3 is 1.23 bits per heavy atom. The monoisotopic (exact) mass is 192 g/mol. The molecule has 0 atom stereocenters. The van der Waals surface area contributed by atoms with Crippen molar-refractivity contribution in [3.05, 3.63) is 0 Å². The highest BCUT2D eigenvalue weighted by Crippen LogP contribution is 2.03. The van der Waals surface area contributed by atoms with E-state index in [-0.39, 0.29) is 0 Å². The van der Waals surface area contributed by atoms with Crippen LogP contribution in [0.25, 0.3) is 0 Å². The van der Waals surface area contributed by atoms with E-state index in [1.54, 1.807) is 0 Å².